The van der Waals surface area contributed by atoms with Gasteiger partial charge >= 0.3 is 76.5 Å². The summed E-state index contributed by atoms with van der Waals surface area (Å²) in [4.78, 5) is 0. The number of hydrogen-bond donors (Lipinski definition) is 0. The van der Waals surface area contributed by atoms with Crippen molar-refractivity contribution in [3.05, 3.63) is 28.3 Å². The summed E-state index contributed by atoms with van der Waals surface area (Å²) in [6.45, 7) is 8.67. The van der Waals surface area contributed by atoms with Gasteiger partial charge in [0.05, 0.1) is 0 Å². The minimum absolute atomic E-state index is 1.28. The van der Waals surface area contributed by atoms with Crippen molar-refractivity contribution < 1.29 is 0 Å². The van der Waals surface area contributed by atoms with Gasteiger partial charge in [-0.3, -0.25) is 0 Å². The van der Waals surface area contributed by atoms with Crippen LogP contribution in [0.25, 0.3) is 0 Å². The second-order valence-corrected chi connectivity index (χ2v) is 3.99. The van der Waals surface area contributed by atoms with Crippen LogP contribution < -0.4 is 4.46 Å². The van der Waals surface area contributed by atoms with E-state index < -0.39 is 0 Å². The van der Waals surface area contributed by atoms with Crippen LogP contribution in [-0.4, -0.2) is 16.0 Å². The van der Waals surface area contributed by atoms with Crippen LogP contribution in [0.5, 0.6) is 0 Å². The van der Waals surface area contributed by atoms with E-state index in [0.29, 0.717) is 0 Å². The third-order valence-electron chi connectivity index (χ3n) is 2.43. The molecular weight excluding hydrogens is 199 g/mol. The average molecular weight is 212 g/mol. The Morgan fingerprint density at radius 2 is 1.45 bits per heavy atom. The average Bonchev–Trinajstić information content (AvgIpc) is 1.97. The molecule has 0 nitrogen and oxygen atoms in total. The van der Waals surface area contributed by atoms with Crippen molar-refractivity contribution in [1.82, 2.24) is 0 Å². The van der Waals surface area contributed by atoms with Crippen LogP contribution in [0.4, 0.5) is 0 Å². The van der Waals surface area contributed by atoms with Gasteiger partial charge in [0.15, 0.2) is 0 Å². The molecule has 0 N–H and O–H groups in total. The van der Waals surface area contributed by atoms with Crippen LogP contribution in [0.1, 0.15) is 22.3 Å². The zero-order valence-electron chi connectivity index (χ0n) is 7.49. The zero-order valence-corrected chi connectivity index (χ0v) is 9.20. The Bertz CT molecular complexity index is 261. The van der Waals surface area contributed by atoms with Crippen LogP contribution in [0, 0.1) is 27.7 Å². The number of rotatable bonds is 0. The van der Waals surface area contributed by atoms with Gasteiger partial charge in [0.25, 0.3) is 0 Å². The Kier molecular flexibility index (Phi) is 2.41. The van der Waals surface area contributed by atoms with Gasteiger partial charge < -0.3 is 0 Å². The molecule has 0 fully saturated rings. The van der Waals surface area contributed by atoms with Crippen molar-refractivity contribution >= 4 is 20.5 Å². The monoisotopic (exact) mass is 213 g/mol. The predicted octanol–water partition coefficient (Wildman–Crippen LogP) is 1.71. The van der Waals surface area contributed by atoms with Gasteiger partial charge in [0.2, 0.25) is 0 Å². The molecule has 0 saturated heterocycles. The number of hydrogen-bond acceptors (Lipinski definition) is 0. The first-order chi connectivity index (χ1) is 5.04. The fourth-order valence-electron chi connectivity index (χ4n) is 1.17. The van der Waals surface area contributed by atoms with E-state index >= 15 is 0 Å². The molecule has 59 valence electrons. The van der Waals surface area contributed by atoms with Crippen molar-refractivity contribution in [3.63, 3.8) is 0 Å². The van der Waals surface area contributed by atoms with E-state index in [9.17, 15) is 0 Å². The van der Waals surface area contributed by atoms with Crippen molar-refractivity contribution in [2.75, 3.05) is 0 Å². The molecule has 0 aliphatic heterocycles. The summed E-state index contributed by atoms with van der Waals surface area (Å²) in [5, 5.41) is 0. The number of aryl methyl sites for hydroxylation is 1. The zero-order chi connectivity index (χ0) is 8.59. The van der Waals surface area contributed by atoms with E-state index in [-0.39, 0.29) is 0 Å². The summed E-state index contributed by atoms with van der Waals surface area (Å²) in [6, 6.07) is 2.21. The molecule has 0 aliphatic rings. The van der Waals surface area contributed by atoms with Crippen LogP contribution in [0.3, 0.4) is 0 Å². The van der Waals surface area contributed by atoms with Crippen molar-refractivity contribution in [2.45, 2.75) is 27.7 Å². The Balaban J connectivity index is 3.46. The fourth-order valence-corrected chi connectivity index (χ4v) is 1.87. The van der Waals surface area contributed by atoms with Gasteiger partial charge in [-0.15, -0.1) is 0 Å². The van der Waals surface area contributed by atoms with Gasteiger partial charge in [-0.2, -0.15) is 0 Å². The summed E-state index contributed by atoms with van der Waals surface area (Å²) in [6.07, 6.45) is 0. The summed E-state index contributed by atoms with van der Waals surface area (Å²) in [7, 11) is 0. The Labute approximate surface area is 76.8 Å². The summed E-state index contributed by atoms with van der Waals surface area (Å²) < 4.78 is 1.28. The van der Waals surface area contributed by atoms with Crippen LogP contribution in [-0.2, 0) is 0 Å². The molecule has 0 atom stereocenters. The first kappa shape index (κ1) is 8.83. The molecule has 0 bridgehead atoms. The predicted molar refractivity (Wildman–Crippen MR) is 50.8 cm³/mol. The fraction of sp³-hybridized carbons (Fsp3) is 0.400. The van der Waals surface area contributed by atoms with Crippen LogP contribution in [0.15, 0.2) is 6.07 Å². The Morgan fingerprint density at radius 3 is 2.00 bits per heavy atom. The molecule has 0 spiro atoms. The maximum atomic E-state index is 3.08. The van der Waals surface area contributed by atoms with Gasteiger partial charge in [-0.25, -0.2) is 0 Å². The molecular formula is C10H13Se. The molecule has 0 unspecified atom stereocenters. The van der Waals surface area contributed by atoms with E-state index in [1.807, 2.05) is 0 Å². The first-order valence-electron chi connectivity index (χ1n) is 3.78. The van der Waals surface area contributed by atoms with E-state index in [1.165, 1.54) is 26.7 Å². The van der Waals surface area contributed by atoms with E-state index in [1.54, 1.807) is 0 Å². The van der Waals surface area contributed by atoms with Gasteiger partial charge in [0, 0.05) is 0 Å². The second-order valence-electron chi connectivity index (χ2n) is 3.07. The van der Waals surface area contributed by atoms with Crippen molar-refractivity contribution in [2.24, 2.45) is 0 Å². The summed E-state index contributed by atoms with van der Waals surface area (Å²) >= 11 is 3.08. The molecule has 0 amide bonds. The second kappa shape index (κ2) is 3.00. The molecule has 0 aromatic heterocycles. The maximum absolute atomic E-state index is 3.08. The Hall–Kier alpha value is -0.261. The van der Waals surface area contributed by atoms with Gasteiger partial charge in [-0.05, 0) is 0 Å². The van der Waals surface area contributed by atoms with Gasteiger partial charge in [-0.1, -0.05) is 0 Å². The first-order valence-corrected chi connectivity index (χ1v) is 4.64. The summed E-state index contributed by atoms with van der Waals surface area (Å²) in [5.41, 5.74) is 5.59. The third-order valence-corrected chi connectivity index (χ3v) is 3.32. The van der Waals surface area contributed by atoms with Crippen molar-refractivity contribution in [3.8, 4) is 0 Å². The normalized spacial score (nSPS) is 10.2. The molecule has 0 heterocycles. The summed E-state index contributed by atoms with van der Waals surface area (Å²) in [5.74, 6) is 0. The third kappa shape index (κ3) is 1.50. The van der Waals surface area contributed by atoms with E-state index in [4.69, 9.17) is 0 Å². The van der Waals surface area contributed by atoms with Crippen molar-refractivity contribution in [1.29, 1.82) is 0 Å². The minimum atomic E-state index is 1.28. The molecule has 0 aliphatic carbocycles. The molecule has 1 aromatic rings. The molecule has 1 heteroatoms. The van der Waals surface area contributed by atoms with Crippen LogP contribution in [0.2, 0.25) is 0 Å². The van der Waals surface area contributed by atoms with E-state index in [2.05, 4.69) is 49.8 Å². The Morgan fingerprint density at radius 1 is 0.909 bits per heavy atom. The topological polar surface area (TPSA) is 0 Å². The molecule has 0 saturated carbocycles. The standard InChI is InChI=1S/C10H13Se/c1-6-5-10(11)9(4)8(3)7(6)2/h5H,1-4H3. The van der Waals surface area contributed by atoms with Gasteiger partial charge in [0.1, 0.15) is 0 Å². The molecule has 1 aromatic carbocycles. The quantitative estimate of drug-likeness (QED) is 0.574. The van der Waals surface area contributed by atoms with Crippen LogP contribution >= 0.6 is 0 Å². The molecule has 1 rings (SSSR count). The number of benzene rings is 1. The molecule has 1 radical (unpaired) electrons. The SMILES string of the molecule is Cc1cc([Se])c(C)c(C)c1C. The van der Waals surface area contributed by atoms with E-state index in [0.717, 1.165) is 0 Å². The molecule has 11 heavy (non-hydrogen) atoms.